The third kappa shape index (κ3) is 2.47. The Morgan fingerprint density at radius 2 is 2.29 bits per heavy atom. The van der Waals surface area contributed by atoms with Gasteiger partial charge in [-0.05, 0) is 40.4 Å². The van der Waals surface area contributed by atoms with Crippen molar-refractivity contribution < 1.29 is 0 Å². The van der Waals surface area contributed by atoms with Crippen LogP contribution < -0.4 is 5.32 Å². The Hall–Kier alpha value is -0.120. The molecule has 2 nitrogen and oxygen atoms in total. The number of pyridine rings is 1. The fourth-order valence-electron chi connectivity index (χ4n) is 1.35. The number of nitrogens with one attached hydrogen (secondary N) is 1. The van der Waals surface area contributed by atoms with E-state index < -0.39 is 0 Å². The van der Waals surface area contributed by atoms with Gasteiger partial charge >= 0.3 is 0 Å². The summed E-state index contributed by atoms with van der Waals surface area (Å²) in [4.78, 5) is 4.11. The summed E-state index contributed by atoms with van der Waals surface area (Å²) in [5, 5.41) is 3.47. The predicted molar refractivity (Wildman–Crippen MR) is 61.5 cm³/mol. The molecule has 4 heteroatoms. The predicted octanol–water partition coefficient (Wildman–Crippen LogP) is 2.71. The number of aromatic nitrogens is 1. The lowest BCUT2D eigenvalue weighted by Gasteiger charge is -2.13. The summed E-state index contributed by atoms with van der Waals surface area (Å²) in [6, 6.07) is 2.07. The lowest BCUT2D eigenvalue weighted by atomic mass is 10.2. The molecule has 1 saturated carbocycles. The minimum Gasteiger partial charge on any atom is -0.306 e. The van der Waals surface area contributed by atoms with Crippen LogP contribution >= 0.6 is 27.5 Å². The van der Waals surface area contributed by atoms with Gasteiger partial charge in [0.2, 0.25) is 0 Å². The molecule has 0 bridgehead atoms. The van der Waals surface area contributed by atoms with Crippen LogP contribution in [-0.4, -0.2) is 16.4 Å². The van der Waals surface area contributed by atoms with Crippen molar-refractivity contribution >= 4 is 27.5 Å². The Kier molecular flexibility index (Phi) is 3.10. The van der Waals surface area contributed by atoms with Gasteiger partial charge in [-0.25, -0.2) is 0 Å². The normalized spacial score (nSPS) is 18.1. The van der Waals surface area contributed by atoms with Crippen LogP contribution in [0.5, 0.6) is 0 Å². The van der Waals surface area contributed by atoms with Gasteiger partial charge in [-0.2, -0.15) is 0 Å². The highest BCUT2D eigenvalue weighted by Gasteiger charge is 2.40. The minimum atomic E-state index is 0.212. The smallest absolute Gasteiger partial charge is 0.0410 e. The maximum Gasteiger partial charge on any atom is 0.0410 e. The maximum absolute atomic E-state index is 5.87. The number of alkyl halides is 1. The highest BCUT2D eigenvalue weighted by Crippen LogP contribution is 2.36. The second kappa shape index (κ2) is 4.17. The van der Waals surface area contributed by atoms with Crippen LogP contribution in [0, 0.1) is 0 Å². The average molecular weight is 276 g/mol. The summed E-state index contributed by atoms with van der Waals surface area (Å²) in [5.74, 6) is 0.703. The van der Waals surface area contributed by atoms with E-state index in [0.717, 1.165) is 11.0 Å². The summed E-state index contributed by atoms with van der Waals surface area (Å²) in [7, 11) is 0. The molecule has 14 heavy (non-hydrogen) atoms. The van der Waals surface area contributed by atoms with E-state index in [1.54, 1.807) is 6.20 Å². The van der Waals surface area contributed by atoms with Gasteiger partial charge in [0, 0.05) is 34.8 Å². The zero-order chi connectivity index (χ0) is 10.0. The summed E-state index contributed by atoms with van der Waals surface area (Å²) < 4.78 is 1.02. The number of hydrogen-bond acceptors (Lipinski definition) is 2. The number of halogens is 2. The van der Waals surface area contributed by atoms with Crippen molar-refractivity contribution in [1.29, 1.82) is 0 Å². The third-order valence-corrected chi connectivity index (χ3v) is 3.48. The van der Waals surface area contributed by atoms with Crippen LogP contribution in [0.3, 0.4) is 0 Å². The van der Waals surface area contributed by atoms with Crippen LogP contribution in [-0.2, 0) is 6.54 Å². The molecule has 0 saturated heterocycles. The second-order valence-electron chi connectivity index (χ2n) is 3.78. The number of hydrogen-bond donors (Lipinski definition) is 1. The number of rotatable bonds is 4. The molecule has 1 aromatic rings. The Bertz CT molecular complexity index is 326. The lowest BCUT2D eigenvalue weighted by molar-refractivity contribution is 0.542. The van der Waals surface area contributed by atoms with Crippen molar-refractivity contribution in [3.8, 4) is 0 Å². The van der Waals surface area contributed by atoms with E-state index in [2.05, 4.69) is 32.3 Å². The lowest BCUT2D eigenvalue weighted by Crippen LogP contribution is -2.32. The Morgan fingerprint density at radius 1 is 1.50 bits per heavy atom. The fourth-order valence-corrected chi connectivity index (χ4v) is 2.12. The van der Waals surface area contributed by atoms with Crippen LogP contribution in [0.1, 0.15) is 18.4 Å². The van der Waals surface area contributed by atoms with E-state index in [-0.39, 0.29) is 5.54 Å². The van der Waals surface area contributed by atoms with Crippen LogP contribution in [0.15, 0.2) is 22.9 Å². The highest BCUT2D eigenvalue weighted by molar-refractivity contribution is 9.10. The average Bonchev–Trinajstić information content (AvgIpc) is 2.96. The zero-order valence-electron chi connectivity index (χ0n) is 7.76. The van der Waals surface area contributed by atoms with Gasteiger partial charge in [-0.1, -0.05) is 0 Å². The van der Waals surface area contributed by atoms with Gasteiger partial charge in [-0.3, -0.25) is 4.98 Å². The summed E-state index contributed by atoms with van der Waals surface area (Å²) >= 11 is 9.26. The van der Waals surface area contributed by atoms with Gasteiger partial charge in [0.15, 0.2) is 0 Å². The molecule has 0 spiro atoms. The number of nitrogens with zero attached hydrogens (tertiary/aromatic N) is 1. The maximum atomic E-state index is 5.87. The third-order valence-electron chi connectivity index (χ3n) is 2.54. The molecule has 0 amide bonds. The van der Waals surface area contributed by atoms with E-state index in [1.807, 2.05) is 6.20 Å². The summed E-state index contributed by atoms with van der Waals surface area (Å²) in [6.45, 7) is 0.846. The largest absolute Gasteiger partial charge is 0.306 e. The van der Waals surface area contributed by atoms with Gasteiger partial charge < -0.3 is 5.32 Å². The Morgan fingerprint density at radius 3 is 2.86 bits per heavy atom. The highest BCUT2D eigenvalue weighted by atomic mass is 79.9. The van der Waals surface area contributed by atoms with Crippen LogP contribution in [0.2, 0.25) is 0 Å². The summed E-state index contributed by atoms with van der Waals surface area (Å²) in [5.41, 5.74) is 1.40. The van der Waals surface area contributed by atoms with E-state index >= 15 is 0 Å². The first-order valence-electron chi connectivity index (χ1n) is 4.65. The molecule has 1 aliphatic carbocycles. The Labute approximate surface area is 97.2 Å². The fraction of sp³-hybridized carbons (Fsp3) is 0.500. The first-order chi connectivity index (χ1) is 6.74. The molecule has 1 aliphatic rings. The first-order valence-corrected chi connectivity index (χ1v) is 5.97. The van der Waals surface area contributed by atoms with Crippen molar-refractivity contribution in [3.05, 3.63) is 28.5 Å². The van der Waals surface area contributed by atoms with E-state index in [4.69, 9.17) is 11.6 Å². The molecule has 0 aliphatic heterocycles. The van der Waals surface area contributed by atoms with E-state index in [9.17, 15) is 0 Å². The van der Waals surface area contributed by atoms with Crippen molar-refractivity contribution in [2.24, 2.45) is 0 Å². The van der Waals surface area contributed by atoms with Crippen LogP contribution in [0.4, 0.5) is 0 Å². The molecule has 1 N–H and O–H groups in total. The van der Waals surface area contributed by atoms with Crippen LogP contribution in [0.25, 0.3) is 0 Å². The molecule has 0 unspecified atom stereocenters. The van der Waals surface area contributed by atoms with Gasteiger partial charge in [-0.15, -0.1) is 11.6 Å². The molecule has 0 atom stereocenters. The molecule has 2 rings (SSSR count). The Balaban J connectivity index is 1.92. The van der Waals surface area contributed by atoms with Crippen molar-refractivity contribution in [2.75, 3.05) is 5.88 Å². The molecule has 1 fully saturated rings. The van der Waals surface area contributed by atoms with Gasteiger partial charge in [0.25, 0.3) is 0 Å². The van der Waals surface area contributed by atoms with E-state index in [1.165, 1.54) is 18.4 Å². The SMILES string of the molecule is ClCC1(NCc2cncc(Br)c2)CC1. The van der Waals surface area contributed by atoms with Crippen molar-refractivity contribution in [1.82, 2.24) is 10.3 Å². The molecule has 0 aromatic carbocycles. The molecule has 1 heterocycles. The zero-order valence-corrected chi connectivity index (χ0v) is 10.1. The molecular formula is C10H12BrClN2. The molecule has 1 aromatic heterocycles. The minimum absolute atomic E-state index is 0.212. The standard InChI is InChI=1S/C10H12BrClN2/c11-9-3-8(4-13-6-9)5-14-10(7-12)1-2-10/h3-4,6,14H,1-2,5,7H2. The first kappa shape index (κ1) is 10.4. The van der Waals surface area contributed by atoms with E-state index in [0.29, 0.717) is 5.88 Å². The van der Waals surface area contributed by atoms with Crippen molar-refractivity contribution in [2.45, 2.75) is 24.9 Å². The van der Waals surface area contributed by atoms with Gasteiger partial charge in [0.05, 0.1) is 0 Å². The molecule has 0 radical (unpaired) electrons. The quantitative estimate of drug-likeness (QED) is 0.855. The second-order valence-corrected chi connectivity index (χ2v) is 4.96. The monoisotopic (exact) mass is 274 g/mol. The van der Waals surface area contributed by atoms with Crippen molar-refractivity contribution in [3.63, 3.8) is 0 Å². The molecule has 76 valence electrons. The summed E-state index contributed by atoms with van der Waals surface area (Å²) in [6.07, 6.45) is 6.05. The topological polar surface area (TPSA) is 24.9 Å². The molecular weight excluding hydrogens is 263 g/mol. The van der Waals surface area contributed by atoms with Gasteiger partial charge in [0.1, 0.15) is 0 Å².